The third kappa shape index (κ3) is 4.10. The highest BCUT2D eigenvalue weighted by Crippen LogP contribution is 2.22. The number of nitrogens with zero attached hydrogens (tertiary/aromatic N) is 2. The summed E-state index contributed by atoms with van der Waals surface area (Å²) >= 11 is 0. The van der Waals surface area contributed by atoms with Crippen molar-refractivity contribution in [2.75, 3.05) is 0 Å². The van der Waals surface area contributed by atoms with E-state index in [2.05, 4.69) is 18.1 Å². The molecule has 19 heavy (non-hydrogen) atoms. The van der Waals surface area contributed by atoms with Gasteiger partial charge in [-0.1, -0.05) is 19.1 Å². The number of aromatic nitrogens is 2. The molecule has 102 valence electrons. The average Bonchev–Trinajstić information content (AvgIpc) is 2.76. The molecule has 0 saturated carbocycles. The maximum absolute atomic E-state index is 5.81. The lowest BCUT2D eigenvalue weighted by atomic mass is 10.1. The number of hydrogen-bond acceptors (Lipinski definition) is 3. The van der Waals surface area contributed by atoms with Gasteiger partial charge >= 0.3 is 0 Å². The van der Waals surface area contributed by atoms with Gasteiger partial charge in [0.25, 0.3) is 0 Å². The van der Waals surface area contributed by atoms with Crippen molar-refractivity contribution in [2.45, 2.75) is 39.3 Å². The molecule has 2 aromatic rings. The molecule has 0 saturated heterocycles. The minimum absolute atomic E-state index is 0.155. The molecule has 4 nitrogen and oxygen atoms in total. The Bertz CT molecular complexity index is 520. The molecule has 1 atom stereocenters. The number of benzene rings is 1. The topological polar surface area (TPSA) is 53.1 Å². The zero-order valence-electron chi connectivity index (χ0n) is 11.5. The fourth-order valence-electron chi connectivity index (χ4n) is 1.99. The molecule has 0 amide bonds. The van der Waals surface area contributed by atoms with Crippen molar-refractivity contribution < 1.29 is 4.74 Å². The second-order valence-electron chi connectivity index (χ2n) is 4.87. The van der Waals surface area contributed by atoms with Crippen LogP contribution in [0.2, 0.25) is 0 Å². The summed E-state index contributed by atoms with van der Waals surface area (Å²) in [5.41, 5.74) is 7.00. The average molecular weight is 259 g/mol. The normalized spacial score (nSPS) is 12.4. The molecule has 2 rings (SSSR count). The molecule has 2 N–H and O–H groups in total. The number of nitrogens with two attached hydrogens (primary N) is 1. The molecule has 0 aliphatic heterocycles. The Labute approximate surface area is 114 Å². The first kappa shape index (κ1) is 13.6. The van der Waals surface area contributed by atoms with E-state index in [-0.39, 0.29) is 6.04 Å². The monoisotopic (exact) mass is 259 g/mol. The standard InChI is InChI=1S/C15H21N3O/c1-3-7-18-11-15(10-17-18)19-14-6-4-5-13(9-14)8-12(2)16/h4-6,9-12H,3,7-8,16H2,1-2H3. The van der Waals surface area contributed by atoms with Crippen LogP contribution in [0.25, 0.3) is 0 Å². The fourth-order valence-corrected chi connectivity index (χ4v) is 1.99. The molecule has 1 aromatic carbocycles. The van der Waals surface area contributed by atoms with Gasteiger partial charge in [-0.25, -0.2) is 0 Å². The Hall–Kier alpha value is -1.81. The first-order valence-corrected chi connectivity index (χ1v) is 6.72. The van der Waals surface area contributed by atoms with Gasteiger partial charge in [0, 0.05) is 12.6 Å². The van der Waals surface area contributed by atoms with Crippen LogP contribution in [0.3, 0.4) is 0 Å². The van der Waals surface area contributed by atoms with E-state index in [0.29, 0.717) is 0 Å². The largest absolute Gasteiger partial charge is 0.454 e. The molecule has 0 aliphatic carbocycles. The van der Waals surface area contributed by atoms with E-state index < -0.39 is 0 Å². The van der Waals surface area contributed by atoms with Crippen LogP contribution < -0.4 is 10.5 Å². The molecule has 4 heteroatoms. The number of hydrogen-bond donors (Lipinski definition) is 1. The van der Waals surface area contributed by atoms with Crippen LogP contribution in [-0.4, -0.2) is 15.8 Å². The van der Waals surface area contributed by atoms with Gasteiger partial charge in [0.1, 0.15) is 5.75 Å². The van der Waals surface area contributed by atoms with E-state index >= 15 is 0 Å². The molecule has 0 spiro atoms. The SMILES string of the molecule is CCCn1cc(Oc2cccc(CC(C)N)c2)cn1. The van der Waals surface area contributed by atoms with Crippen LogP contribution in [0, 0.1) is 0 Å². The van der Waals surface area contributed by atoms with Gasteiger partial charge in [-0.2, -0.15) is 5.10 Å². The lowest BCUT2D eigenvalue weighted by Gasteiger charge is -2.07. The molecule has 1 aromatic heterocycles. The first-order chi connectivity index (χ1) is 9.17. The maximum atomic E-state index is 5.81. The summed E-state index contributed by atoms with van der Waals surface area (Å²) in [6.45, 7) is 5.04. The molecule has 0 aliphatic rings. The van der Waals surface area contributed by atoms with Gasteiger partial charge in [0.05, 0.1) is 12.4 Å². The predicted molar refractivity (Wildman–Crippen MR) is 76.4 cm³/mol. The van der Waals surface area contributed by atoms with Crippen molar-refractivity contribution in [3.05, 3.63) is 42.2 Å². The van der Waals surface area contributed by atoms with Gasteiger partial charge in [0.2, 0.25) is 0 Å². The predicted octanol–water partition coefficient (Wildman–Crippen LogP) is 2.98. The molecule has 0 bridgehead atoms. The molecule has 0 radical (unpaired) electrons. The molecular formula is C15H21N3O. The smallest absolute Gasteiger partial charge is 0.165 e. The quantitative estimate of drug-likeness (QED) is 0.867. The third-order valence-electron chi connectivity index (χ3n) is 2.75. The maximum Gasteiger partial charge on any atom is 0.165 e. The zero-order chi connectivity index (χ0) is 13.7. The van der Waals surface area contributed by atoms with Gasteiger partial charge in [0.15, 0.2) is 5.75 Å². The summed E-state index contributed by atoms with van der Waals surface area (Å²) in [6.07, 6.45) is 5.58. The third-order valence-corrected chi connectivity index (χ3v) is 2.75. The summed E-state index contributed by atoms with van der Waals surface area (Å²) in [6, 6.07) is 8.19. The van der Waals surface area contributed by atoms with E-state index in [1.54, 1.807) is 6.20 Å². The highest BCUT2D eigenvalue weighted by atomic mass is 16.5. The summed E-state index contributed by atoms with van der Waals surface area (Å²) < 4.78 is 7.69. The van der Waals surface area contributed by atoms with E-state index in [0.717, 1.165) is 30.9 Å². The second-order valence-corrected chi connectivity index (χ2v) is 4.87. The lowest BCUT2D eigenvalue weighted by molar-refractivity contribution is 0.479. The number of ether oxygens (including phenoxy) is 1. The van der Waals surface area contributed by atoms with Gasteiger partial charge in [-0.3, -0.25) is 4.68 Å². The van der Waals surface area contributed by atoms with Gasteiger partial charge < -0.3 is 10.5 Å². The Morgan fingerprint density at radius 2 is 2.21 bits per heavy atom. The summed E-state index contributed by atoms with van der Waals surface area (Å²) in [4.78, 5) is 0. The van der Waals surface area contributed by atoms with E-state index in [9.17, 15) is 0 Å². The highest BCUT2D eigenvalue weighted by Gasteiger charge is 2.03. The molecule has 1 unspecified atom stereocenters. The Kier molecular flexibility index (Phi) is 4.58. The minimum atomic E-state index is 0.155. The Morgan fingerprint density at radius 1 is 1.37 bits per heavy atom. The fraction of sp³-hybridized carbons (Fsp3) is 0.400. The lowest BCUT2D eigenvalue weighted by Crippen LogP contribution is -2.17. The van der Waals surface area contributed by atoms with Gasteiger partial charge in [-0.15, -0.1) is 0 Å². The van der Waals surface area contributed by atoms with Crippen molar-refractivity contribution >= 4 is 0 Å². The highest BCUT2D eigenvalue weighted by molar-refractivity contribution is 5.32. The zero-order valence-corrected chi connectivity index (χ0v) is 11.5. The Morgan fingerprint density at radius 3 is 2.95 bits per heavy atom. The van der Waals surface area contributed by atoms with Crippen molar-refractivity contribution in [1.82, 2.24) is 9.78 Å². The molecular weight excluding hydrogens is 238 g/mol. The van der Waals surface area contributed by atoms with Crippen LogP contribution in [-0.2, 0) is 13.0 Å². The summed E-state index contributed by atoms with van der Waals surface area (Å²) in [7, 11) is 0. The summed E-state index contributed by atoms with van der Waals surface area (Å²) in [5.74, 6) is 1.60. The summed E-state index contributed by atoms with van der Waals surface area (Å²) in [5, 5.41) is 4.24. The van der Waals surface area contributed by atoms with Crippen LogP contribution in [0.15, 0.2) is 36.7 Å². The van der Waals surface area contributed by atoms with E-state index in [1.165, 1.54) is 5.56 Å². The second kappa shape index (κ2) is 6.38. The first-order valence-electron chi connectivity index (χ1n) is 6.72. The minimum Gasteiger partial charge on any atom is -0.454 e. The van der Waals surface area contributed by atoms with Gasteiger partial charge in [-0.05, 0) is 37.5 Å². The Balaban J connectivity index is 2.05. The molecule has 0 fully saturated rings. The van der Waals surface area contributed by atoms with Crippen molar-refractivity contribution in [1.29, 1.82) is 0 Å². The van der Waals surface area contributed by atoms with Crippen molar-refractivity contribution in [3.8, 4) is 11.5 Å². The van der Waals surface area contributed by atoms with Crippen LogP contribution in [0.1, 0.15) is 25.8 Å². The van der Waals surface area contributed by atoms with Crippen molar-refractivity contribution in [3.63, 3.8) is 0 Å². The molecule has 1 heterocycles. The van der Waals surface area contributed by atoms with Crippen LogP contribution in [0.5, 0.6) is 11.5 Å². The number of aryl methyl sites for hydroxylation is 1. The van der Waals surface area contributed by atoms with Crippen molar-refractivity contribution in [2.24, 2.45) is 5.73 Å². The van der Waals surface area contributed by atoms with E-state index in [4.69, 9.17) is 10.5 Å². The number of rotatable bonds is 6. The van der Waals surface area contributed by atoms with Crippen LogP contribution >= 0.6 is 0 Å². The van der Waals surface area contributed by atoms with Crippen LogP contribution in [0.4, 0.5) is 0 Å². The van der Waals surface area contributed by atoms with E-state index in [1.807, 2.05) is 36.0 Å².